The first-order valence-electron chi connectivity index (χ1n) is 4.97. The Morgan fingerprint density at radius 2 is 1.21 bits per heavy atom. The molecule has 2 rings (SSSR count). The molecule has 0 aliphatic heterocycles. The Bertz CT molecular complexity index is 701. The van der Waals surface area contributed by atoms with Crippen LogP contribution in [0.15, 0.2) is 46.2 Å². The lowest BCUT2D eigenvalue weighted by Crippen LogP contribution is -2.03. The van der Waals surface area contributed by atoms with Crippen LogP contribution in [-0.2, 0) is 9.84 Å². The number of hydrogen-bond acceptors (Lipinski definition) is 2. The predicted octanol–water partition coefficient (Wildman–Crippen LogP) is 5.13. The molecule has 0 saturated carbocycles. The zero-order chi connectivity index (χ0) is 14.2. The number of hydrogen-bond donors (Lipinski definition) is 0. The van der Waals surface area contributed by atoms with Gasteiger partial charge in [0.05, 0.1) is 14.9 Å². The van der Waals surface area contributed by atoms with Crippen molar-refractivity contribution in [3.05, 3.63) is 56.5 Å². The number of sulfone groups is 1. The molecule has 2 aromatic carbocycles. The van der Waals surface area contributed by atoms with Crippen LogP contribution in [0, 0.1) is 0 Å². The predicted molar refractivity (Wildman–Crippen MR) is 78.4 cm³/mol. The number of rotatable bonds is 2. The van der Waals surface area contributed by atoms with Gasteiger partial charge >= 0.3 is 0 Å². The van der Waals surface area contributed by atoms with Crippen LogP contribution in [0.2, 0.25) is 20.1 Å². The SMILES string of the molecule is O=S(=O)(c1ccc(Cl)cc1)c1c(Cl)cc(Cl)cc1Cl. The third-order valence-electron chi connectivity index (χ3n) is 2.36. The summed E-state index contributed by atoms with van der Waals surface area (Å²) in [7, 11) is -3.82. The van der Waals surface area contributed by atoms with Gasteiger partial charge in [-0.2, -0.15) is 0 Å². The molecule has 0 aliphatic rings. The standard InChI is InChI=1S/C12H6Cl4O2S/c13-7-1-3-9(4-2-7)19(17,18)12-10(15)5-8(14)6-11(12)16/h1-6H. The normalized spacial score (nSPS) is 11.6. The van der Waals surface area contributed by atoms with E-state index < -0.39 is 9.84 Å². The van der Waals surface area contributed by atoms with Gasteiger partial charge in [0.2, 0.25) is 9.84 Å². The molecule has 0 saturated heterocycles. The van der Waals surface area contributed by atoms with Gasteiger partial charge in [-0.3, -0.25) is 0 Å². The van der Waals surface area contributed by atoms with Gasteiger partial charge in [-0.05, 0) is 36.4 Å². The number of benzene rings is 2. The average molecular weight is 356 g/mol. The van der Waals surface area contributed by atoms with Crippen LogP contribution in [0.1, 0.15) is 0 Å². The molecule has 100 valence electrons. The fraction of sp³-hybridized carbons (Fsp3) is 0. The van der Waals surface area contributed by atoms with Gasteiger partial charge < -0.3 is 0 Å². The topological polar surface area (TPSA) is 34.1 Å². The van der Waals surface area contributed by atoms with Crippen LogP contribution in [0.4, 0.5) is 0 Å². The molecule has 0 atom stereocenters. The van der Waals surface area contributed by atoms with Crippen molar-refractivity contribution in [3.8, 4) is 0 Å². The molecule has 0 fully saturated rings. The van der Waals surface area contributed by atoms with E-state index in [1.165, 1.54) is 36.4 Å². The Morgan fingerprint density at radius 1 is 0.737 bits per heavy atom. The van der Waals surface area contributed by atoms with E-state index >= 15 is 0 Å². The molecule has 0 aliphatic carbocycles. The van der Waals surface area contributed by atoms with Gasteiger partial charge in [-0.15, -0.1) is 0 Å². The van der Waals surface area contributed by atoms with E-state index in [4.69, 9.17) is 46.4 Å². The molecule has 0 aromatic heterocycles. The minimum Gasteiger partial charge on any atom is -0.218 e. The second-order valence-corrected chi connectivity index (χ2v) is 7.23. The lowest BCUT2D eigenvalue weighted by molar-refractivity contribution is 0.596. The first-order chi connectivity index (χ1) is 8.82. The van der Waals surface area contributed by atoms with Crippen LogP contribution in [0.25, 0.3) is 0 Å². The molecule has 0 heterocycles. The van der Waals surface area contributed by atoms with Gasteiger partial charge in [-0.25, -0.2) is 8.42 Å². The molecular formula is C12H6Cl4O2S. The highest BCUT2D eigenvalue weighted by molar-refractivity contribution is 7.91. The van der Waals surface area contributed by atoms with Gasteiger partial charge in [0, 0.05) is 10.0 Å². The maximum absolute atomic E-state index is 12.4. The molecule has 2 nitrogen and oxygen atoms in total. The Labute approximate surface area is 130 Å². The molecule has 0 spiro atoms. The number of halogens is 4. The lowest BCUT2D eigenvalue weighted by Gasteiger charge is -2.09. The summed E-state index contributed by atoms with van der Waals surface area (Å²) in [5, 5.41) is 0.664. The van der Waals surface area contributed by atoms with Crippen LogP contribution in [0.5, 0.6) is 0 Å². The van der Waals surface area contributed by atoms with Crippen molar-refractivity contribution in [1.82, 2.24) is 0 Å². The average Bonchev–Trinajstić information content (AvgIpc) is 2.27. The van der Waals surface area contributed by atoms with Crippen molar-refractivity contribution in [3.63, 3.8) is 0 Å². The third-order valence-corrected chi connectivity index (χ3v) is 5.52. The van der Waals surface area contributed by atoms with Crippen molar-refractivity contribution in [2.45, 2.75) is 9.79 Å². The van der Waals surface area contributed by atoms with Crippen molar-refractivity contribution in [1.29, 1.82) is 0 Å². The van der Waals surface area contributed by atoms with Crippen LogP contribution in [0.3, 0.4) is 0 Å². The largest absolute Gasteiger partial charge is 0.218 e. The molecule has 0 bridgehead atoms. The fourth-order valence-electron chi connectivity index (χ4n) is 1.52. The van der Waals surface area contributed by atoms with Crippen molar-refractivity contribution < 1.29 is 8.42 Å². The Kier molecular flexibility index (Phi) is 4.33. The highest BCUT2D eigenvalue weighted by atomic mass is 35.5. The van der Waals surface area contributed by atoms with Crippen molar-refractivity contribution in [2.24, 2.45) is 0 Å². The zero-order valence-electron chi connectivity index (χ0n) is 9.20. The minimum absolute atomic E-state index is 0.0209. The summed E-state index contributed by atoms with van der Waals surface area (Å²) in [5.41, 5.74) is 0. The monoisotopic (exact) mass is 354 g/mol. The Balaban J connectivity index is 2.67. The van der Waals surface area contributed by atoms with Crippen molar-refractivity contribution >= 4 is 56.2 Å². The van der Waals surface area contributed by atoms with Crippen LogP contribution in [-0.4, -0.2) is 8.42 Å². The maximum Gasteiger partial charge on any atom is 0.209 e. The molecule has 0 radical (unpaired) electrons. The zero-order valence-corrected chi connectivity index (χ0v) is 13.0. The highest BCUT2D eigenvalue weighted by Crippen LogP contribution is 2.36. The summed E-state index contributed by atoms with van der Waals surface area (Å²) < 4.78 is 24.9. The Morgan fingerprint density at radius 3 is 1.68 bits per heavy atom. The van der Waals surface area contributed by atoms with E-state index in [0.29, 0.717) is 5.02 Å². The molecule has 7 heteroatoms. The van der Waals surface area contributed by atoms with E-state index in [9.17, 15) is 8.42 Å². The highest BCUT2D eigenvalue weighted by Gasteiger charge is 2.24. The first-order valence-corrected chi connectivity index (χ1v) is 7.97. The molecule has 0 amide bonds. The molecule has 2 aromatic rings. The summed E-state index contributed by atoms with van der Waals surface area (Å²) in [6.07, 6.45) is 0. The van der Waals surface area contributed by atoms with E-state index in [2.05, 4.69) is 0 Å². The van der Waals surface area contributed by atoms with Gasteiger partial charge in [0.1, 0.15) is 4.90 Å². The molecule has 0 N–H and O–H groups in total. The second-order valence-electron chi connectivity index (χ2n) is 3.66. The maximum atomic E-state index is 12.4. The van der Waals surface area contributed by atoms with Crippen LogP contribution < -0.4 is 0 Å². The smallest absolute Gasteiger partial charge is 0.209 e. The summed E-state index contributed by atoms with van der Waals surface area (Å²) in [6, 6.07) is 8.39. The second kappa shape index (κ2) is 5.51. The van der Waals surface area contributed by atoms with Crippen molar-refractivity contribution in [2.75, 3.05) is 0 Å². The fourth-order valence-corrected chi connectivity index (χ4v) is 4.43. The molecule has 19 heavy (non-hydrogen) atoms. The van der Waals surface area contributed by atoms with E-state index in [1.807, 2.05) is 0 Å². The molecular weight excluding hydrogens is 350 g/mol. The minimum atomic E-state index is -3.82. The van der Waals surface area contributed by atoms with E-state index in [0.717, 1.165) is 0 Å². The van der Waals surface area contributed by atoms with Gasteiger partial charge in [0.15, 0.2) is 0 Å². The first kappa shape index (κ1) is 14.9. The van der Waals surface area contributed by atoms with Gasteiger partial charge in [-0.1, -0.05) is 46.4 Å². The lowest BCUT2D eigenvalue weighted by atomic mass is 10.3. The van der Waals surface area contributed by atoms with Gasteiger partial charge in [0.25, 0.3) is 0 Å². The van der Waals surface area contributed by atoms with Crippen LogP contribution >= 0.6 is 46.4 Å². The Hall–Kier alpha value is -0.450. The summed E-state index contributed by atoms with van der Waals surface area (Å²) in [4.78, 5) is -0.106. The van der Waals surface area contributed by atoms with E-state index in [-0.39, 0.29) is 24.9 Å². The quantitative estimate of drug-likeness (QED) is 0.747. The third kappa shape index (κ3) is 3.01. The van der Waals surface area contributed by atoms with E-state index in [1.54, 1.807) is 0 Å². The molecule has 0 unspecified atom stereocenters. The summed E-state index contributed by atoms with van der Waals surface area (Å²) >= 11 is 23.3. The summed E-state index contributed by atoms with van der Waals surface area (Å²) in [6.45, 7) is 0. The summed E-state index contributed by atoms with van der Waals surface area (Å²) in [5.74, 6) is 0.